The first kappa shape index (κ1) is 17.8. The topological polar surface area (TPSA) is 50.7 Å². The van der Waals surface area contributed by atoms with E-state index in [2.05, 4.69) is 11.2 Å². The Morgan fingerprint density at radius 2 is 1.95 bits per heavy atom. The van der Waals surface area contributed by atoms with Gasteiger partial charge >= 0.3 is 0 Å². The average molecular weight is 286 g/mol. The van der Waals surface area contributed by atoms with Crippen LogP contribution in [0.3, 0.4) is 0 Å². The molecule has 0 aliphatic rings. The Bertz CT molecular complexity index is 362. The molecule has 0 aromatic heterocycles. The smallest absolute Gasteiger partial charge is 0.148 e. The molecule has 2 N–H and O–H groups in total. The van der Waals surface area contributed by atoms with Crippen LogP contribution in [0.25, 0.3) is 0 Å². The summed E-state index contributed by atoms with van der Waals surface area (Å²) in [7, 11) is 0. The number of hydrogen-bond donors (Lipinski definition) is 2. The summed E-state index contributed by atoms with van der Waals surface area (Å²) in [6, 6.07) is 7.79. The van der Waals surface area contributed by atoms with Gasteiger partial charge in [0.25, 0.3) is 0 Å². The minimum atomic E-state index is 0. The van der Waals surface area contributed by atoms with E-state index in [0.717, 1.165) is 18.8 Å². The van der Waals surface area contributed by atoms with Gasteiger partial charge in [0.05, 0.1) is 19.8 Å². The van der Waals surface area contributed by atoms with Crippen molar-refractivity contribution < 1.29 is 14.6 Å². The van der Waals surface area contributed by atoms with E-state index in [-0.39, 0.29) is 19.0 Å². The monoisotopic (exact) mass is 285 g/mol. The highest BCUT2D eigenvalue weighted by atomic mass is 35.5. The molecule has 0 spiro atoms. The van der Waals surface area contributed by atoms with E-state index < -0.39 is 0 Å². The lowest BCUT2D eigenvalue weighted by atomic mass is 10.2. The van der Waals surface area contributed by atoms with E-state index >= 15 is 0 Å². The van der Waals surface area contributed by atoms with Crippen LogP contribution in [-0.2, 0) is 11.3 Å². The van der Waals surface area contributed by atoms with E-state index in [1.54, 1.807) is 0 Å². The number of hydrogen-bond acceptors (Lipinski definition) is 4. The zero-order chi connectivity index (χ0) is 13.1. The van der Waals surface area contributed by atoms with Crippen LogP contribution in [-0.4, -0.2) is 38.1 Å². The Morgan fingerprint density at radius 3 is 2.58 bits per heavy atom. The van der Waals surface area contributed by atoms with Gasteiger partial charge in [0, 0.05) is 13.1 Å². The third kappa shape index (κ3) is 8.46. The first-order valence-corrected chi connectivity index (χ1v) is 5.91. The Kier molecular flexibility index (Phi) is 11.0. The van der Waals surface area contributed by atoms with Gasteiger partial charge < -0.3 is 19.9 Å². The van der Waals surface area contributed by atoms with Crippen molar-refractivity contribution in [3.05, 3.63) is 29.8 Å². The molecule has 0 aliphatic carbocycles. The second kappa shape index (κ2) is 11.8. The summed E-state index contributed by atoms with van der Waals surface area (Å²) in [5, 5.41) is 11.8. The minimum Gasteiger partial charge on any atom is -0.481 e. The molecule has 106 valence electrons. The van der Waals surface area contributed by atoms with Crippen molar-refractivity contribution in [2.24, 2.45) is 0 Å². The third-order valence-electron chi connectivity index (χ3n) is 2.23. The van der Waals surface area contributed by atoms with Gasteiger partial charge in [-0.15, -0.1) is 18.8 Å². The second-order valence-corrected chi connectivity index (χ2v) is 3.65. The van der Waals surface area contributed by atoms with Crippen LogP contribution in [0.15, 0.2) is 24.3 Å². The number of terminal acetylenes is 1. The number of rotatable bonds is 9. The normalized spacial score (nSPS) is 9.47. The SMILES string of the molecule is C#CCOc1ccc(CNCCOCCO)cc1.Cl. The lowest BCUT2D eigenvalue weighted by molar-refractivity contribution is 0.0938. The molecule has 0 unspecified atom stereocenters. The molecule has 0 radical (unpaired) electrons. The summed E-state index contributed by atoms with van der Waals surface area (Å²) >= 11 is 0. The number of halogens is 1. The first-order valence-electron chi connectivity index (χ1n) is 5.91. The van der Waals surface area contributed by atoms with E-state index in [4.69, 9.17) is 21.0 Å². The maximum absolute atomic E-state index is 8.52. The maximum Gasteiger partial charge on any atom is 0.148 e. The minimum absolute atomic E-state index is 0. The Labute approximate surface area is 120 Å². The number of benzene rings is 1. The first-order chi connectivity index (χ1) is 8.86. The lowest BCUT2D eigenvalue weighted by Gasteiger charge is -2.07. The molecule has 0 heterocycles. The molecule has 4 nitrogen and oxygen atoms in total. The molecule has 1 rings (SSSR count). The third-order valence-corrected chi connectivity index (χ3v) is 2.23. The van der Waals surface area contributed by atoms with Crippen molar-refractivity contribution in [3.63, 3.8) is 0 Å². The number of aliphatic hydroxyl groups is 1. The van der Waals surface area contributed by atoms with E-state index in [0.29, 0.717) is 19.8 Å². The molecule has 1 aromatic rings. The van der Waals surface area contributed by atoms with Crippen molar-refractivity contribution in [2.75, 3.05) is 33.0 Å². The Hall–Kier alpha value is -1.25. The van der Waals surface area contributed by atoms with Crippen LogP contribution in [0.4, 0.5) is 0 Å². The maximum atomic E-state index is 8.52. The molecule has 1 aromatic carbocycles. The molecular weight excluding hydrogens is 266 g/mol. The van der Waals surface area contributed by atoms with E-state index in [1.165, 1.54) is 5.56 Å². The summed E-state index contributed by atoms with van der Waals surface area (Å²) in [6.07, 6.45) is 5.11. The molecule has 5 heteroatoms. The predicted octanol–water partition coefficient (Wildman–Crippen LogP) is 1.22. The van der Waals surface area contributed by atoms with Crippen LogP contribution in [0.2, 0.25) is 0 Å². The summed E-state index contributed by atoms with van der Waals surface area (Å²) < 4.78 is 10.4. The van der Waals surface area contributed by atoms with Gasteiger partial charge in [-0.25, -0.2) is 0 Å². The van der Waals surface area contributed by atoms with Gasteiger partial charge in [-0.3, -0.25) is 0 Å². The van der Waals surface area contributed by atoms with Crippen molar-refractivity contribution in [1.29, 1.82) is 0 Å². The van der Waals surface area contributed by atoms with Gasteiger partial charge in [-0.05, 0) is 17.7 Å². The van der Waals surface area contributed by atoms with Gasteiger partial charge in [0.1, 0.15) is 12.4 Å². The van der Waals surface area contributed by atoms with Crippen LogP contribution in [0, 0.1) is 12.3 Å². The van der Waals surface area contributed by atoms with Gasteiger partial charge in [0.2, 0.25) is 0 Å². The molecule has 0 saturated heterocycles. The largest absolute Gasteiger partial charge is 0.481 e. The van der Waals surface area contributed by atoms with E-state index in [9.17, 15) is 0 Å². The fourth-order valence-electron chi connectivity index (χ4n) is 1.37. The Balaban J connectivity index is 0.00000324. The van der Waals surface area contributed by atoms with Crippen molar-refractivity contribution in [1.82, 2.24) is 5.32 Å². The lowest BCUT2D eigenvalue weighted by Crippen LogP contribution is -2.19. The van der Waals surface area contributed by atoms with Crippen LogP contribution in [0.5, 0.6) is 5.75 Å². The highest BCUT2D eigenvalue weighted by molar-refractivity contribution is 5.85. The van der Waals surface area contributed by atoms with Crippen molar-refractivity contribution in [2.45, 2.75) is 6.54 Å². The fourth-order valence-corrected chi connectivity index (χ4v) is 1.37. The molecule has 19 heavy (non-hydrogen) atoms. The van der Waals surface area contributed by atoms with Gasteiger partial charge in [0.15, 0.2) is 0 Å². The quantitative estimate of drug-likeness (QED) is 0.529. The summed E-state index contributed by atoms with van der Waals surface area (Å²) in [5.41, 5.74) is 1.17. The molecular formula is C14H20ClNO3. The summed E-state index contributed by atoms with van der Waals surface area (Å²) in [4.78, 5) is 0. The van der Waals surface area contributed by atoms with Crippen LogP contribution >= 0.6 is 12.4 Å². The molecule has 0 bridgehead atoms. The number of ether oxygens (including phenoxy) is 2. The molecule has 0 atom stereocenters. The zero-order valence-corrected chi connectivity index (χ0v) is 11.6. The molecule has 0 aliphatic heterocycles. The van der Waals surface area contributed by atoms with Gasteiger partial charge in [-0.2, -0.15) is 0 Å². The predicted molar refractivity (Wildman–Crippen MR) is 77.6 cm³/mol. The van der Waals surface area contributed by atoms with E-state index in [1.807, 2.05) is 24.3 Å². The fraction of sp³-hybridized carbons (Fsp3) is 0.429. The van der Waals surface area contributed by atoms with Crippen molar-refractivity contribution in [3.8, 4) is 18.1 Å². The molecule has 0 saturated carbocycles. The highest BCUT2D eigenvalue weighted by Crippen LogP contribution is 2.11. The average Bonchev–Trinajstić information content (AvgIpc) is 2.42. The second-order valence-electron chi connectivity index (χ2n) is 3.65. The zero-order valence-electron chi connectivity index (χ0n) is 10.8. The standard InChI is InChI=1S/C14H19NO3.ClH/c1-2-9-18-14-5-3-13(4-6-14)12-15-7-10-17-11-8-16;/h1,3-6,15-16H,7-12H2;1H. The number of nitrogens with one attached hydrogen (secondary N) is 1. The van der Waals surface area contributed by atoms with Crippen molar-refractivity contribution >= 4 is 12.4 Å². The molecule has 0 amide bonds. The highest BCUT2D eigenvalue weighted by Gasteiger charge is 1.95. The van der Waals surface area contributed by atoms with Gasteiger partial charge in [-0.1, -0.05) is 18.1 Å². The van der Waals surface area contributed by atoms with Crippen LogP contribution in [0.1, 0.15) is 5.56 Å². The van der Waals surface area contributed by atoms with Crippen LogP contribution < -0.4 is 10.1 Å². The Morgan fingerprint density at radius 1 is 1.21 bits per heavy atom. The summed E-state index contributed by atoms with van der Waals surface area (Å²) in [5.74, 6) is 3.20. The molecule has 0 fully saturated rings. The summed E-state index contributed by atoms with van der Waals surface area (Å²) in [6.45, 7) is 2.89. The number of aliphatic hydroxyl groups excluding tert-OH is 1.